The van der Waals surface area contributed by atoms with E-state index >= 15 is 0 Å². The quantitative estimate of drug-likeness (QED) is 0.905. The van der Waals surface area contributed by atoms with Gasteiger partial charge in [-0.3, -0.25) is 4.79 Å². The molecule has 0 atom stereocenters. The molecule has 0 radical (unpaired) electrons. The zero-order chi connectivity index (χ0) is 13.8. The number of benzene rings is 1. The molecule has 6 heteroatoms. The maximum Gasteiger partial charge on any atom is 0.305 e. The van der Waals surface area contributed by atoms with Crippen molar-refractivity contribution < 1.29 is 9.90 Å². The van der Waals surface area contributed by atoms with Crippen molar-refractivity contribution in [3.63, 3.8) is 0 Å². The van der Waals surface area contributed by atoms with Gasteiger partial charge in [-0.15, -0.1) is 0 Å². The fraction of sp³-hybridized carbons (Fsp3) is 0.231. The minimum atomic E-state index is -0.815. The molecule has 100 valence electrons. The molecule has 0 aliphatic heterocycles. The number of nitrogens with zero attached hydrogens (tertiary/aromatic N) is 2. The summed E-state index contributed by atoms with van der Waals surface area (Å²) < 4.78 is 2.77. The highest BCUT2D eigenvalue weighted by atomic mass is 79.9. The number of halogens is 2. The molecular weight excluding hydrogens is 332 g/mol. The fourth-order valence-corrected chi connectivity index (χ4v) is 2.75. The van der Waals surface area contributed by atoms with Gasteiger partial charge in [-0.1, -0.05) is 27.5 Å². The van der Waals surface area contributed by atoms with Crippen molar-refractivity contribution in [1.82, 2.24) is 9.55 Å². The van der Waals surface area contributed by atoms with Gasteiger partial charge < -0.3 is 9.67 Å². The molecule has 0 spiro atoms. The SMILES string of the molecule is O=C(O)CCn1ccnc1Cc1cc(Cl)cc(Br)c1. The van der Waals surface area contributed by atoms with Crippen LogP contribution in [-0.2, 0) is 17.8 Å². The van der Waals surface area contributed by atoms with Gasteiger partial charge in [-0.25, -0.2) is 4.98 Å². The molecule has 0 unspecified atom stereocenters. The second-order valence-corrected chi connectivity index (χ2v) is 5.49. The van der Waals surface area contributed by atoms with Crippen LogP contribution in [0.15, 0.2) is 35.1 Å². The van der Waals surface area contributed by atoms with E-state index in [1.54, 1.807) is 12.4 Å². The number of imidazole rings is 1. The highest BCUT2D eigenvalue weighted by Gasteiger charge is 2.07. The van der Waals surface area contributed by atoms with Crippen LogP contribution >= 0.6 is 27.5 Å². The van der Waals surface area contributed by atoms with Crippen LogP contribution in [0, 0.1) is 0 Å². The number of aryl methyl sites for hydroxylation is 1. The lowest BCUT2D eigenvalue weighted by Gasteiger charge is -2.07. The highest BCUT2D eigenvalue weighted by molar-refractivity contribution is 9.10. The molecular formula is C13H12BrClN2O2. The Balaban J connectivity index is 2.14. The summed E-state index contributed by atoms with van der Waals surface area (Å²) in [5, 5.41) is 9.37. The Morgan fingerprint density at radius 1 is 1.42 bits per heavy atom. The van der Waals surface area contributed by atoms with Gasteiger partial charge in [0.15, 0.2) is 0 Å². The lowest BCUT2D eigenvalue weighted by Crippen LogP contribution is -2.08. The zero-order valence-electron chi connectivity index (χ0n) is 10.0. The lowest BCUT2D eigenvalue weighted by atomic mass is 10.1. The van der Waals surface area contributed by atoms with Crippen molar-refractivity contribution in [3.8, 4) is 0 Å². The Labute approximate surface area is 124 Å². The number of hydrogen-bond acceptors (Lipinski definition) is 2. The van der Waals surface area contributed by atoms with Crippen molar-refractivity contribution >= 4 is 33.5 Å². The van der Waals surface area contributed by atoms with E-state index in [1.807, 2.05) is 22.8 Å². The van der Waals surface area contributed by atoms with Gasteiger partial charge in [-0.05, 0) is 23.8 Å². The van der Waals surface area contributed by atoms with Gasteiger partial charge in [0.25, 0.3) is 0 Å². The van der Waals surface area contributed by atoms with E-state index < -0.39 is 5.97 Å². The normalized spacial score (nSPS) is 10.6. The molecule has 4 nitrogen and oxygen atoms in total. The highest BCUT2D eigenvalue weighted by Crippen LogP contribution is 2.21. The molecule has 1 aromatic heterocycles. The molecule has 1 aromatic carbocycles. The molecule has 0 aliphatic carbocycles. The first-order chi connectivity index (χ1) is 9.04. The average molecular weight is 344 g/mol. The van der Waals surface area contributed by atoms with Crippen LogP contribution in [0.5, 0.6) is 0 Å². The molecule has 0 fully saturated rings. The molecule has 1 N–H and O–H groups in total. The Hall–Kier alpha value is -1.33. The van der Waals surface area contributed by atoms with Crippen LogP contribution in [0.1, 0.15) is 17.8 Å². The smallest absolute Gasteiger partial charge is 0.305 e. The third kappa shape index (κ3) is 4.08. The third-order valence-corrected chi connectivity index (χ3v) is 3.33. The number of carbonyl (C=O) groups is 1. The Kier molecular flexibility index (Phi) is 4.61. The molecule has 2 rings (SSSR count). The summed E-state index contributed by atoms with van der Waals surface area (Å²) in [6.07, 6.45) is 4.17. The summed E-state index contributed by atoms with van der Waals surface area (Å²) in [5.41, 5.74) is 1.03. The largest absolute Gasteiger partial charge is 0.481 e. The Morgan fingerprint density at radius 2 is 2.21 bits per heavy atom. The maximum atomic E-state index is 10.6. The summed E-state index contributed by atoms with van der Waals surface area (Å²) in [4.78, 5) is 14.9. The number of carboxylic acid groups (broad SMARTS) is 1. The van der Waals surface area contributed by atoms with Crippen LogP contribution in [-0.4, -0.2) is 20.6 Å². The van der Waals surface area contributed by atoms with Crippen LogP contribution in [0.4, 0.5) is 0 Å². The predicted octanol–water partition coefficient (Wildman–Crippen LogP) is 3.36. The van der Waals surface area contributed by atoms with Gasteiger partial charge >= 0.3 is 5.97 Å². The summed E-state index contributed by atoms with van der Waals surface area (Å²) >= 11 is 9.39. The lowest BCUT2D eigenvalue weighted by molar-refractivity contribution is -0.137. The minimum absolute atomic E-state index is 0.0859. The van der Waals surface area contributed by atoms with Gasteiger partial charge in [0.05, 0.1) is 6.42 Å². The van der Waals surface area contributed by atoms with Gasteiger partial charge in [-0.2, -0.15) is 0 Å². The first-order valence-electron chi connectivity index (χ1n) is 5.71. The third-order valence-electron chi connectivity index (χ3n) is 2.65. The van der Waals surface area contributed by atoms with E-state index in [1.165, 1.54) is 0 Å². The van der Waals surface area contributed by atoms with Gasteiger partial charge in [0.1, 0.15) is 5.82 Å². The van der Waals surface area contributed by atoms with Crippen molar-refractivity contribution in [3.05, 3.63) is 51.5 Å². The fourth-order valence-electron chi connectivity index (χ4n) is 1.82. The Morgan fingerprint density at radius 3 is 2.89 bits per heavy atom. The second-order valence-electron chi connectivity index (χ2n) is 4.14. The second kappa shape index (κ2) is 6.21. The van der Waals surface area contributed by atoms with E-state index in [0.717, 1.165) is 15.9 Å². The van der Waals surface area contributed by atoms with E-state index in [0.29, 0.717) is 18.0 Å². The van der Waals surface area contributed by atoms with Gasteiger partial charge in [0, 0.05) is 34.9 Å². The molecule has 1 heterocycles. The molecule has 0 bridgehead atoms. The van der Waals surface area contributed by atoms with E-state index in [4.69, 9.17) is 16.7 Å². The van der Waals surface area contributed by atoms with Crippen molar-refractivity contribution in [2.45, 2.75) is 19.4 Å². The molecule has 0 saturated carbocycles. The number of aromatic nitrogens is 2. The monoisotopic (exact) mass is 342 g/mol. The van der Waals surface area contributed by atoms with Crippen LogP contribution in [0.25, 0.3) is 0 Å². The predicted molar refractivity (Wildman–Crippen MR) is 76.4 cm³/mol. The summed E-state index contributed by atoms with van der Waals surface area (Å²) in [6, 6.07) is 5.67. The zero-order valence-corrected chi connectivity index (χ0v) is 12.4. The number of carboxylic acids is 1. The van der Waals surface area contributed by atoms with Crippen LogP contribution in [0.3, 0.4) is 0 Å². The van der Waals surface area contributed by atoms with Crippen LogP contribution < -0.4 is 0 Å². The van der Waals surface area contributed by atoms with Gasteiger partial charge in [0.2, 0.25) is 0 Å². The topological polar surface area (TPSA) is 55.1 Å². The number of hydrogen-bond donors (Lipinski definition) is 1. The summed E-state index contributed by atoms with van der Waals surface area (Å²) in [7, 11) is 0. The van der Waals surface area contributed by atoms with E-state index in [-0.39, 0.29) is 6.42 Å². The van der Waals surface area contributed by atoms with Crippen molar-refractivity contribution in [1.29, 1.82) is 0 Å². The standard InChI is InChI=1S/C13H12BrClN2O2/c14-10-5-9(6-11(15)8-10)7-12-16-2-4-17(12)3-1-13(18)19/h2,4-6,8H,1,3,7H2,(H,18,19). The number of aliphatic carboxylic acids is 1. The molecule has 0 saturated heterocycles. The minimum Gasteiger partial charge on any atom is -0.481 e. The summed E-state index contributed by atoms with van der Waals surface area (Å²) in [6.45, 7) is 0.423. The van der Waals surface area contributed by atoms with E-state index in [9.17, 15) is 4.79 Å². The molecule has 0 aliphatic rings. The van der Waals surface area contributed by atoms with Crippen LogP contribution in [0.2, 0.25) is 5.02 Å². The molecule has 2 aromatic rings. The summed E-state index contributed by atoms with van der Waals surface area (Å²) in [5.74, 6) is 0.0144. The molecule has 19 heavy (non-hydrogen) atoms. The first kappa shape index (κ1) is 14.1. The van der Waals surface area contributed by atoms with E-state index in [2.05, 4.69) is 20.9 Å². The maximum absolute atomic E-state index is 10.6. The Bertz CT molecular complexity index is 578. The van der Waals surface area contributed by atoms with Crippen molar-refractivity contribution in [2.75, 3.05) is 0 Å². The number of rotatable bonds is 5. The molecule has 0 amide bonds. The van der Waals surface area contributed by atoms with Crippen molar-refractivity contribution in [2.24, 2.45) is 0 Å². The first-order valence-corrected chi connectivity index (χ1v) is 6.88. The average Bonchev–Trinajstić information content (AvgIpc) is 2.72.